The highest BCUT2D eigenvalue weighted by atomic mass is 32.1. The fraction of sp³-hybridized carbons (Fsp3) is 0.385. The van der Waals surface area contributed by atoms with E-state index in [9.17, 15) is 4.79 Å². The second-order valence-electron chi connectivity index (χ2n) is 4.63. The van der Waals surface area contributed by atoms with Gasteiger partial charge in [-0.15, -0.1) is 0 Å². The topological polar surface area (TPSA) is 64.3 Å². The van der Waals surface area contributed by atoms with Crippen molar-refractivity contribution in [2.24, 2.45) is 5.73 Å². The highest BCUT2D eigenvalue weighted by molar-refractivity contribution is 7.80. The smallest absolute Gasteiger partial charge is 0.227 e. The summed E-state index contributed by atoms with van der Waals surface area (Å²) in [4.78, 5) is 12.1. The summed E-state index contributed by atoms with van der Waals surface area (Å²) < 4.78 is 5.20. The van der Waals surface area contributed by atoms with Gasteiger partial charge in [0.2, 0.25) is 5.91 Å². The Balaban J connectivity index is 2.63. The van der Waals surface area contributed by atoms with Gasteiger partial charge < -0.3 is 15.8 Å². The molecule has 0 unspecified atom stereocenters. The van der Waals surface area contributed by atoms with Gasteiger partial charge in [-0.2, -0.15) is 0 Å². The number of nitrogens with one attached hydrogen (secondary N) is 1. The average Bonchev–Trinajstić information content (AvgIpc) is 2.29. The summed E-state index contributed by atoms with van der Waals surface area (Å²) in [5, 5.41) is 2.80. The molecule has 0 aromatic heterocycles. The summed E-state index contributed by atoms with van der Waals surface area (Å²) >= 11 is 4.85. The summed E-state index contributed by atoms with van der Waals surface area (Å²) in [7, 11) is 1.59. The van der Waals surface area contributed by atoms with Crippen molar-refractivity contribution in [3.63, 3.8) is 0 Å². The second-order valence-corrected chi connectivity index (χ2v) is 5.07. The summed E-state index contributed by atoms with van der Waals surface area (Å²) in [5.74, 6) is -0.0927. The number of benzene rings is 1. The number of methoxy groups -OCH3 is 1. The van der Waals surface area contributed by atoms with E-state index in [2.05, 4.69) is 5.32 Å². The van der Waals surface area contributed by atoms with Crippen molar-refractivity contribution in [2.75, 3.05) is 12.4 Å². The maximum atomic E-state index is 11.8. The van der Waals surface area contributed by atoms with Crippen molar-refractivity contribution >= 4 is 28.8 Å². The number of nitrogens with two attached hydrogens (primary N) is 1. The third-order valence-electron chi connectivity index (χ3n) is 2.59. The second kappa shape index (κ2) is 5.93. The zero-order chi connectivity index (χ0) is 13.8. The minimum atomic E-state index is -0.469. The van der Waals surface area contributed by atoms with Crippen LogP contribution in [0.3, 0.4) is 0 Å². The van der Waals surface area contributed by atoms with Gasteiger partial charge in [-0.05, 0) is 38.1 Å². The van der Waals surface area contributed by atoms with E-state index >= 15 is 0 Å². The Morgan fingerprint density at radius 2 is 1.94 bits per heavy atom. The quantitative estimate of drug-likeness (QED) is 0.801. The van der Waals surface area contributed by atoms with Crippen molar-refractivity contribution in [1.82, 2.24) is 0 Å². The van der Waals surface area contributed by atoms with Crippen LogP contribution in [0, 0.1) is 0 Å². The van der Waals surface area contributed by atoms with Crippen LogP contribution in [0.2, 0.25) is 0 Å². The van der Waals surface area contributed by atoms with Crippen molar-refractivity contribution in [1.29, 1.82) is 0 Å². The van der Waals surface area contributed by atoms with E-state index in [1.165, 1.54) is 0 Å². The Kier molecular flexibility index (Phi) is 4.81. The van der Waals surface area contributed by atoms with Gasteiger partial charge in [0.25, 0.3) is 0 Å². The molecule has 0 aliphatic heterocycles. The van der Waals surface area contributed by atoms with Crippen LogP contribution in [-0.2, 0) is 9.53 Å². The number of amides is 1. The van der Waals surface area contributed by atoms with Crippen LogP contribution < -0.4 is 11.1 Å². The summed E-state index contributed by atoms with van der Waals surface area (Å²) in [6, 6.07) is 7.09. The lowest BCUT2D eigenvalue weighted by Crippen LogP contribution is -2.29. The van der Waals surface area contributed by atoms with Crippen LogP contribution in [-0.4, -0.2) is 23.6 Å². The van der Waals surface area contributed by atoms with E-state index in [4.69, 9.17) is 22.7 Å². The fourth-order valence-corrected chi connectivity index (χ4v) is 1.52. The number of rotatable bonds is 5. The molecule has 0 radical (unpaired) electrons. The number of ether oxygens (including phenoxy) is 1. The van der Waals surface area contributed by atoms with Crippen molar-refractivity contribution in [2.45, 2.75) is 25.9 Å². The number of hydrogen-bond donors (Lipinski definition) is 2. The molecular formula is C13H18N2O2S. The van der Waals surface area contributed by atoms with Gasteiger partial charge in [0.15, 0.2) is 0 Å². The van der Waals surface area contributed by atoms with E-state index in [-0.39, 0.29) is 5.91 Å². The standard InChI is InChI=1S/C13H18N2O2S/c1-13(2,17-3)8-11(16)15-10-6-4-9(5-7-10)12(14)18/h4-7H,8H2,1-3H3,(H2,14,18)(H,15,16). The van der Waals surface area contributed by atoms with E-state index in [1.807, 2.05) is 13.8 Å². The minimum absolute atomic E-state index is 0.0927. The summed E-state index contributed by atoms with van der Waals surface area (Å²) in [6.45, 7) is 3.73. The van der Waals surface area contributed by atoms with Crippen LogP contribution in [0.4, 0.5) is 5.69 Å². The Labute approximate surface area is 113 Å². The molecular weight excluding hydrogens is 248 g/mol. The van der Waals surface area contributed by atoms with Gasteiger partial charge in [-0.25, -0.2) is 0 Å². The minimum Gasteiger partial charge on any atom is -0.389 e. The molecule has 0 heterocycles. The molecule has 1 aromatic rings. The number of anilines is 1. The maximum Gasteiger partial charge on any atom is 0.227 e. The van der Waals surface area contributed by atoms with E-state index in [1.54, 1.807) is 31.4 Å². The van der Waals surface area contributed by atoms with Gasteiger partial charge >= 0.3 is 0 Å². The first-order chi connectivity index (χ1) is 8.34. The highest BCUT2D eigenvalue weighted by Gasteiger charge is 2.20. The number of thiocarbonyl (C=S) groups is 1. The van der Waals surface area contributed by atoms with E-state index < -0.39 is 5.60 Å². The van der Waals surface area contributed by atoms with Crippen molar-refractivity contribution in [3.05, 3.63) is 29.8 Å². The molecule has 1 rings (SSSR count). The van der Waals surface area contributed by atoms with Crippen LogP contribution in [0.15, 0.2) is 24.3 Å². The third kappa shape index (κ3) is 4.43. The average molecular weight is 266 g/mol. The van der Waals surface area contributed by atoms with Gasteiger partial charge in [0.1, 0.15) is 4.99 Å². The summed E-state index contributed by atoms with van der Waals surface area (Å²) in [6.07, 6.45) is 0.292. The van der Waals surface area contributed by atoms with Crippen LogP contribution in [0.1, 0.15) is 25.8 Å². The van der Waals surface area contributed by atoms with Gasteiger partial charge in [-0.3, -0.25) is 4.79 Å². The molecule has 1 amide bonds. The summed E-state index contributed by atoms with van der Waals surface area (Å²) in [5.41, 5.74) is 6.52. The molecule has 0 aliphatic rings. The van der Waals surface area contributed by atoms with Crippen molar-refractivity contribution in [3.8, 4) is 0 Å². The van der Waals surface area contributed by atoms with Gasteiger partial charge in [0.05, 0.1) is 12.0 Å². The zero-order valence-electron chi connectivity index (χ0n) is 10.8. The SMILES string of the molecule is COC(C)(C)CC(=O)Nc1ccc(C(N)=S)cc1. The molecule has 4 nitrogen and oxygen atoms in total. The molecule has 0 saturated carbocycles. The largest absolute Gasteiger partial charge is 0.389 e. The van der Waals surface area contributed by atoms with E-state index in [0.29, 0.717) is 17.1 Å². The molecule has 0 aliphatic carbocycles. The Morgan fingerprint density at radius 3 is 2.39 bits per heavy atom. The predicted molar refractivity (Wildman–Crippen MR) is 76.7 cm³/mol. The first kappa shape index (κ1) is 14.6. The number of carbonyl (C=O) groups is 1. The molecule has 3 N–H and O–H groups in total. The Morgan fingerprint density at radius 1 is 1.39 bits per heavy atom. The molecule has 0 atom stereocenters. The van der Waals surface area contributed by atoms with Gasteiger partial charge in [0, 0.05) is 18.4 Å². The Bertz CT molecular complexity index is 441. The zero-order valence-corrected chi connectivity index (χ0v) is 11.6. The number of carbonyl (C=O) groups excluding carboxylic acids is 1. The first-order valence-electron chi connectivity index (χ1n) is 5.59. The Hall–Kier alpha value is -1.46. The van der Waals surface area contributed by atoms with Gasteiger partial charge in [-0.1, -0.05) is 12.2 Å². The molecule has 0 bridgehead atoms. The lowest BCUT2D eigenvalue weighted by atomic mass is 10.0. The number of hydrogen-bond acceptors (Lipinski definition) is 3. The monoisotopic (exact) mass is 266 g/mol. The highest BCUT2D eigenvalue weighted by Crippen LogP contribution is 2.15. The molecule has 5 heteroatoms. The van der Waals surface area contributed by atoms with Crippen LogP contribution in [0.25, 0.3) is 0 Å². The molecule has 0 fully saturated rings. The first-order valence-corrected chi connectivity index (χ1v) is 6.00. The molecule has 98 valence electrons. The normalized spacial score (nSPS) is 11.1. The fourth-order valence-electron chi connectivity index (χ4n) is 1.38. The van der Waals surface area contributed by atoms with Crippen LogP contribution >= 0.6 is 12.2 Å². The molecule has 0 spiro atoms. The maximum absolute atomic E-state index is 11.8. The molecule has 18 heavy (non-hydrogen) atoms. The molecule has 1 aromatic carbocycles. The third-order valence-corrected chi connectivity index (χ3v) is 2.83. The lowest BCUT2D eigenvalue weighted by molar-refractivity contribution is -0.121. The van der Waals surface area contributed by atoms with Crippen molar-refractivity contribution < 1.29 is 9.53 Å². The van der Waals surface area contributed by atoms with Crippen LogP contribution in [0.5, 0.6) is 0 Å². The predicted octanol–water partition coefficient (Wildman–Crippen LogP) is 2.07. The lowest BCUT2D eigenvalue weighted by Gasteiger charge is -2.21. The molecule has 0 saturated heterocycles. The van der Waals surface area contributed by atoms with E-state index in [0.717, 1.165) is 5.56 Å².